The number of benzene rings is 1. The lowest BCUT2D eigenvalue weighted by atomic mass is 10.1. The predicted octanol–water partition coefficient (Wildman–Crippen LogP) is 2.10. The number of hydrogen-bond acceptors (Lipinski definition) is 3. The number of piperazine rings is 1. The van der Waals surface area contributed by atoms with Gasteiger partial charge in [0.05, 0.1) is 6.61 Å². The van der Waals surface area contributed by atoms with E-state index >= 15 is 0 Å². The van der Waals surface area contributed by atoms with Crippen LogP contribution in [0.1, 0.15) is 41.6 Å². The lowest BCUT2D eigenvalue weighted by molar-refractivity contribution is -0.136. The van der Waals surface area contributed by atoms with Crippen molar-refractivity contribution in [3.8, 4) is 5.75 Å². The summed E-state index contributed by atoms with van der Waals surface area (Å²) in [7, 11) is 0. The van der Waals surface area contributed by atoms with E-state index in [1.54, 1.807) is 0 Å². The molecule has 0 aromatic heterocycles. The average molecular weight is 328 g/mol. The maximum absolute atomic E-state index is 12.7. The van der Waals surface area contributed by atoms with E-state index in [-0.39, 0.29) is 11.8 Å². The number of nitrogens with zero attached hydrogens (tertiary/aromatic N) is 2. The van der Waals surface area contributed by atoms with Crippen LogP contribution >= 0.6 is 0 Å². The lowest BCUT2D eigenvalue weighted by Gasteiger charge is -2.36. The molecule has 3 aliphatic rings. The van der Waals surface area contributed by atoms with Crippen molar-refractivity contribution in [3.63, 3.8) is 0 Å². The molecule has 1 saturated carbocycles. The second kappa shape index (κ2) is 6.46. The smallest absolute Gasteiger partial charge is 0.253 e. The molecule has 5 heteroatoms. The first-order chi connectivity index (χ1) is 11.7. The Labute approximate surface area is 142 Å². The van der Waals surface area contributed by atoms with E-state index < -0.39 is 0 Å². The molecule has 1 aliphatic carbocycles. The zero-order valence-corrected chi connectivity index (χ0v) is 14.0. The number of carbonyl (C=O) groups is 2. The summed E-state index contributed by atoms with van der Waals surface area (Å²) in [6.07, 6.45) is 5.30. The summed E-state index contributed by atoms with van der Waals surface area (Å²) >= 11 is 0. The number of hydrogen-bond donors (Lipinski definition) is 0. The molecule has 128 valence electrons. The summed E-state index contributed by atoms with van der Waals surface area (Å²) in [6, 6.07) is 5.71. The standard InChI is InChI=1S/C19H24N2O3/c22-18(14-3-1-2-4-14)20-8-10-21(11-9-20)19(23)16-5-6-17-15(13-16)7-12-24-17/h5-6,13-14H,1-4,7-12H2. The second-order valence-electron chi connectivity index (χ2n) is 7.02. The number of carbonyl (C=O) groups excluding carboxylic acids is 2. The molecule has 0 atom stereocenters. The Bertz CT molecular complexity index is 644. The minimum atomic E-state index is 0.0673. The molecular weight excluding hydrogens is 304 g/mol. The first-order valence-corrected chi connectivity index (χ1v) is 9.06. The highest BCUT2D eigenvalue weighted by molar-refractivity contribution is 5.95. The Kier molecular flexibility index (Phi) is 4.17. The van der Waals surface area contributed by atoms with Crippen molar-refractivity contribution in [1.29, 1.82) is 0 Å². The van der Waals surface area contributed by atoms with Crippen LogP contribution in [0.3, 0.4) is 0 Å². The number of amides is 2. The molecule has 0 bridgehead atoms. The first-order valence-electron chi connectivity index (χ1n) is 9.06. The van der Waals surface area contributed by atoms with Gasteiger partial charge in [-0.2, -0.15) is 0 Å². The molecule has 2 fully saturated rings. The third kappa shape index (κ3) is 2.87. The Morgan fingerprint density at radius 2 is 1.71 bits per heavy atom. The van der Waals surface area contributed by atoms with Crippen LogP contribution < -0.4 is 4.74 Å². The zero-order chi connectivity index (χ0) is 16.5. The highest BCUT2D eigenvalue weighted by Gasteiger charge is 2.30. The van der Waals surface area contributed by atoms with Crippen LogP contribution in [0.4, 0.5) is 0 Å². The predicted molar refractivity (Wildman–Crippen MR) is 90.1 cm³/mol. The van der Waals surface area contributed by atoms with Gasteiger partial charge in [0.1, 0.15) is 5.75 Å². The molecule has 1 saturated heterocycles. The van der Waals surface area contributed by atoms with E-state index in [2.05, 4.69) is 0 Å². The fourth-order valence-corrected chi connectivity index (χ4v) is 4.06. The van der Waals surface area contributed by atoms with Crippen molar-refractivity contribution >= 4 is 11.8 Å². The van der Waals surface area contributed by atoms with Gasteiger partial charge in [0.15, 0.2) is 0 Å². The summed E-state index contributed by atoms with van der Waals surface area (Å²) in [5.74, 6) is 1.49. The van der Waals surface area contributed by atoms with Crippen molar-refractivity contribution < 1.29 is 14.3 Å². The van der Waals surface area contributed by atoms with Gasteiger partial charge in [0.2, 0.25) is 5.91 Å². The quantitative estimate of drug-likeness (QED) is 0.835. The van der Waals surface area contributed by atoms with Crippen LogP contribution in [0.25, 0.3) is 0 Å². The summed E-state index contributed by atoms with van der Waals surface area (Å²) < 4.78 is 5.50. The van der Waals surface area contributed by atoms with Gasteiger partial charge in [0.25, 0.3) is 5.91 Å². The third-order valence-corrected chi connectivity index (χ3v) is 5.52. The van der Waals surface area contributed by atoms with Crippen molar-refractivity contribution in [1.82, 2.24) is 9.80 Å². The van der Waals surface area contributed by atoms with Crippen LogP contribution in [0.2, 0.25) is 0 Å². The topological polar surface area (TPSA) is 49.9 Å². The number of rotatable bonds is 2. The minimum absolute atomic E-state index is 0.0673. The molecule has 24 heavy (non-hydrogen) atoms. The maximum atomic E-state index is 12.7. The van der Waals surface area contributed by atoms with Gasteiger partial charge >= 0.3 is 0 Å². The molecule has 4 rings (SSSR count). The van der Waals surface area contributed by atoms with E-state index in [0.717, 1.165) is 36.1 Å². The minimum Gasteiger partial charge on any atom is -0.493 e. The van der Waals surface area contributed by atoms with Crippen LogP contribution in [0.5, 0.6) is 5.75 Å². The Morgan fingerprint density at radius 3 is 2.46 bits per heavy atom. The lowest BCUT2D eigenvalue weighted by Crippen LogP contribution is -2.51. The van der Waals surface area contributed by atoms with Gasteiger partial charge in [-0.05, 0) is 36.6 Å². The molecule has 0 radical (unpaired) electrons. The summed E-state index contributed by atoms with van der Waals surface area (Å²) in [5, 5.41) is 0. The average Bonchev–Trinajstić information content (AvgIpc) is 3.31. The van der Waals surface area contributed by atoms with Crippen molar-refractivity contribution in [2.45, 2.75) is 32.1 Å². The molecule has 1 aromatic carbocycles. The molecule has 0 spiro atoms. The van der Waals surface area contributed by atoms with Crippen LogP contribution in [-0.4, -0.2) is 54.4 Å². The highest BCUT2D eigenvalue weighted by atomic mass is 16.5. The van der Waals surface area contributed by atoms with Gasteiger partial charge in [-0.25, -0.2) is 0 Å². The summed E-state index contributed by atoms with van der Waals surface area (Å²) in [4.78, 5) is 29.0. The fraction of sp³-hybridized carbons (Fsp3) is 0.579. The summed E-state index contributed by atoms with van der Waals surface area (Å²) in [6.45, 7) is 3.29. The number of ether oxygens (including phenoxy) is 1. The number of fused-ring (bicyclic) bond motifs is 1. The van der Waals surface area contributed by atoms with Crippen LogP contribution in [0, 0.1) is 5.92 Å². The molecule has 2 heterocycles. The van der Waals surface area contributed by atoms with Crippen LogP contribution in [0.15, 0.2) is 18.2 Å². The van der Waals surface area contributed by atoms with Crippen molar-refractivity contribution in [2.24, 2.45) is 5.92 Å². The van der Waals surface area contributed by atoms with Gasteiger partial charge in [0, 0.05) is 44.1 Å². The fourth-order valence-electron chi connectivity index (χ4n) is 4.06. The monoisotopic (exact) mass is 328 g/mol. The maximum Gasteiger partial charge on any atom is 0.253 e. The van der Waals surface area contributed by atoms with Gasteiger partial charge < -0.3 is 14.5 Å². The van der Waals surface area contributed by atoms with Crippen molar-refractivity contribution in [2.75, 3.05) is 32.8 Å². The van der Waals surface area contributed by atoms with Gasteiger partial charge in [-0.3, -0.25) is 9.59 Å². The third-order valence-electron chi connectivity index (χ3n) is 5.52. The Balaban J connectivity index is 1.37. The van der Waals surface area contributed by atoms with E-state index in [1.165, 1.54) is 12.8 Å². The zero-order valence-electron chi connectivity index (χ0n) is 14.0. The van der Waals surface area contributed by atoms with E-state index in [1.807, 2.05) is 28.0 Å². The molecular formula is C19H24N2O3. The largest absolute Gasteiger partial charge is 0.493 e. The first kappa shape index (κ1) is 15.5. The molecule has 0 N–H and O–H groups in total. The van der Waals surface area contributed by atoms with Gasteiger partial charge in [-0.1, -0.05) is 12.8 Å². The molecule has 2 aliphatic heterocycles. The molecule has 5 nitrogen and oxygen atoms in total. The van der Waals surface area contributed by atoms with Gasteiger partial charge in [-0.15, -0.1) is 0 Å². The SMILES string of the molecule is O=C(c1ccc2c(c1)CCO2)N1CCN(C(=O)C2CCCC2)CC1. The van der Waals surface area contributed by atoms with E-state index in [9.17, 15) is 9.59 Å². The highest BCUT2D eigenvalue weighted by Crippen LogP contribution is 2.28. The van der Waals surface area contributed by atoms with Crippen LogP contribution in [-0.2, 0) is 11.2 Å². The Morgan fingerprint density at radius 1 is 1.00 bits per heavy atom. The summed E-state index contributed by atoms with van der Waals surface area (Å²) in [5.41, 5.74) is 1.85. The molecule has 0 unspecified atom stereocenters. The van der Waals surface area contributed by atoms with Crippen molar-refractivity contribution in [3.05, 3.63) is 29.3 Å². The second-order valence-corrected chi connectivity index (χ2v) is 7.02. The van der Waals surface area contributed by atoms with E-state index in [0.29, 0.717) is 38.7 Å². The Hall–Kier alpha value is -2.04. The normalized spacial score (nSPS) is 20.8. The molecule has 2 amide bonds. The molecule has 1 aromatic rings. The van der Waals surface area contributed by atoms with E-state index in [4.69, 9.17) is 4.74 Å².